The zero-order chi connectivity index (χ0) is 25.3. The van der Waals surface area contributed by atoms with Crippen LogP contribution in [0.2, 0.25) is 10.0 Å². The van der Waals surface area contributed by atoms with Crippen LogP contribution in [0.4, 0.5) is 11.6 Å². The van der Waals surface area contributed by atoms with Crippen molar-refractivity contribution in [2.45, 2.75) is 24.9 Å². The fourth-order valence-corrected chi connectivity index (χ4v) is 6.31. The number of nitrogens with one attached hydrogen (secondary N) is 1. The van der Waals surface area contributed by atoms with E-state index < -0.39 is 0 Å². The summed E-state index contributed by atoms with van der Waals surface area (Å²) in [5, 5.41) is 8.45. The van der Waals surface area contributed by atoms with Crippen LogP contribution in [0, 0.1) is 5.92 Å². The van der Waals surface area contributed by atoms with Gasteiger partial charge in [0.25, 0.3) is 5.91 Å². The van der Waals surface area contributed by atoms with E-state index in [-0.39, 0.29) is 29.7 Å². The summed E-state index contributed by atoms with van der Waals surface area (Å²) in [6.45, 7) is 0.736. The molecule has 37 heavy (non-hydrogen) atoms. The number of imidazole rings is 1. The SMILES string of the molecule is Nc1noc2c(N3CC4CCC3C4NC(=O)c3ccc(-n4cnc5ccccc54)cc3Cl)ncc(Cl)c12. The molecule has 0 spiro atoms. The number of benzene rings is 2. The van der Waals surface area contributed by atoms with Crippen molar-refractivity contribution in [1.82, 2.24) is 25.0 Å². The number of fused-ring (bicyclic) bond motifs is 4. The second kappa shape index (κ2) is 8.36. The molecule has 0 radical (unpaired) electrons. The van der Waals surface area contributed by atoms with Crippen molar-refractivity contribution < 1.29 is 9.32 Å². The molecule has 7 rings (SSSR count). The lowest BCUT2D eigenvalue weighted by Gasteiger charge is -2.28. The number of amides is 1. The maximum absolute atomic E-state index is 13.3. The minimum atomic E-state index is -0.200. The van der Waals surface area contributed by atoms with Gasteiger partial charge in [-0.15, -0.1) is 0 Å². The highest BCUT2D eigenvalue weighted by Crippen LogP contribution is 2.43. The van der Waals surface area contributed by atoms with Gasteiger partial charge in [0.05, 0.1) is 44.1 Å². The standard InChI is InChI=1S/C26H21Cl2N7O2/c27-16-9-14(35-12-31-18-3-1-2-4-19(18)35)6-7-15(16)26(36)32-22-13-5-8-20(22)34(11-13)25-23-21(17(28)10-30-25)24(29)33-37-23/h1-4,6-7,9-10,12-13,20,22H,5,8,11H2,(H2,29,33)(H,32,36). The van der Waals surface area contributed by atoms with Gasteiger partial charge in [0.1, 0.15) is 6.33 Å². The molecule has 2 aliphatic rings. The van der Waals surface area contributed by atoms with Crippen molar-refractivity contribution in [3.8, 4) is 5.69 Å². The Balaban J connectivity index is 1.14. The number of aromatic nitrogens is 4. The maximum Gasteiger partial charge on any atom is 0.253 e. The molecule has 3 atom stereocenters. The molecule has 3 aromatic heterocycles. The summed E-state index contributed by atoms with van der Waals surface area (Å²) in [5.41, 5.74) is 9.55. The Labute approximate surface area is 221 Å². The Morgan fingerprint density at radius 1 is 1.11 bits per heavy atom. The maximum atomic E-state index is 13.3. The van der Waals surface area contributed by atoms with E-state index in [4.69, 9.17) is 33.5 Å². The van der Waals surface area contributed by atoms with Crippen molar-refractivity contribution in [2.75, 3.05) is 17.2 Å². The second-order valence-electron chi connectivity index (χ2n) is 9.53. The fourth-order valence-electron chi connectivity index (χ4n) is 5.82. The van der Waals surface area contributed by atoms with E-state index in [9.17, 15) is 4.79 Å². The number of carbonyl (C=O) groups excluding carboxylic acids is 1. The summed E-state index contributed by atoms with van der Waals surface area (Å²) in [6.07, 6.45) is 5.26. The van der Waals surface area contributed by atoms with Gasteiger partial charge < -0.3 is 20.5 Å². The number of nitrogens with zero attached hydrogens (tertiary/aromatic N) is 5. The molecule has 1 saturated carbocycles. The molecule has 1 amide bonds. The minimum Gasteiger partial charge on any atom is -0.380 e. The van der Waals surface area contributed by atoms with Crippen LogP contribution in [0.15, 0.2) is 59.5 Å². The smallest absolute Gasteiger partial charge is 0.253 e. The molecule has 2 bridgehead atoms. The Kier molecular flexibility index (Phi) is 5.06. The van der Waals surface area contributed by atoms with E-state index in [1.807, 2.05) is 34.9 Å². The topological polar surface area (TPSA) is 115 Å². The first kappa shape index (κ1) is 22.4. The molecular formula is C26H21Cl2N7O2. The van der Waals surface area contributed by atoms with Crippen molar-refractivity contribution >= 4 is 62.7 Å². The lowest BCUT2D eigenvalue weighted by molar-refractivity contribution is 0.0932. The van der Waals surface area contributed by atoms with Gasteiger partial charge in [-0.25, -0.2) is 9.97 Å². The number of hydrogen-bond acceptors (Lipinski definition) is 7. The van der Waals surface area contributed by atoms with E-state index in [2.05, 4.69) is 25.3 Å². The van der Waals surface area contributed by atoms with Crippen LogP contribution in [0.5, 0.6) is 0 Å². The lowest BCUT2D eigenvalue weighted by atomic mass is 10.1. The molecule has 5 aromatic rings. The van der Waals surface area contributed by atoms with Crippen molar-refractivity contribution in [3.63, 3.8) is 0 Å². The van der Waals surface area contributed by atoms with E-state index >= 15 is 0 Å². The van der Waals surface area contributed by atoms with Gasteiger partial charge in [0, 0.05) is 18.4 Å². The van der Waals surface area contributed by atoms with Gasteiger partial charge in [-0.3, -0.25) is 9.36 Å². The molecule has 4 heterocycles. The number of para-hydroxylation sites is 2. The highest BCUT2D eigenvalue weighted by molar-refractivity contribution is 6.36. The van der Waals surface area contributed by atoms with Gasteiger partial charge >= 0.3 is 0 Å². The molecule has 9 nitrogen and oxygen atoms in total. The van der Waals surface area contributed by atoms with Crippen molar-refractivity contribution in [2.24, 2.45) is 5.92 Å². The third-order valence-electron chi connectivity index (χ3n) is 7.55. The number of nitrogen functional groups attached to an aromatic ring is 1. The number of piperidine rings is 1. The number of anilines is 2. The number of hydrogen-bond donors (Lipinski definition) is 2. The minimum absolute atomic E-state index is 0.0476. The molecular weight excluding hydrogens is 513 g/mol. The van der Waals surface area contributed by atoms with E-state index in [1.54, 1.807) is 24.7 Å². The number of carbonyl (C=O) groups is 1. The summed E-state index contributed by atoms with van der Waals surface area (Å²) in [4.78, 5) is 24.5. The van der Waals surface area contributed by atoms with Crippen molar-refractivity contribution in [3.05, 3.63) is 70.6 Å². The van der Waals surface area contributed by atoms with Crippen LogP contribution in [-0.4, -0.2) is 44.2 Å². The predicted octanol–water partition coefficient (Wildman–Crippen LogP) is 4.85. The average molecular weight is 534 g/mol. The van der Waals surface area contributed by atoms with Crippen molar-refractivity contribution in [1.29, 1.82) is 0 Å². The molecule has 2 fully saturated rings. The third-order valence-corrected chi connectivity index (χ3v) is 8.15. The Hall–Kier alpha value is -3.82. The summed E-state index contributed by atoms with van der Waals surface area (Å²) >= 11 is 12.9. The normalized spacial score (nSPS) is 20.8. The van der Waals surface area contributed by atoms with Crippen LogP contribution in [0.3, 0.4) is 0 Å². The van der Waals surface area contributed by atoms with E-state index in [1.165, 1.54) is 0 Å². The molecule has 11 heteroatoms. The molecule has 186 valence electrons. The number of nitrogens with two attached hydrogens (primary N) is 1. The van der Waals surface area contributed by atoms with Gasteiger partial charge in [-0.1, -0.05) is 40.5 Å². The highest BCUT2D eigenvalue weighted by atomic mass is 35.5. The molecule has 1 saturated heterocycles. The third kappa shape index (κ3) is 3.45. The zero-order valence-corrected chi connectivity index (χ0v) is 20.9. The molecule has 1 aliphatic carbocycles. The number of rotatable bonds is 4. The largest absolute Gasteiger partial charge is 0.380 e. The summed E-state index contributed by atoms with van der Waals surface area (Å²) in [5.74, 6) is 0.954. The van der Waals surface area contributed by atoms with Crippen LogP contribution in [0.1, 0.15) is 23.2 Å². The zero-order valence-electron chi connectivity index (χ0n) is 19.4. The average Bonchev–Trinajstić information content (AvgIpc) is 3.67. The van der Waals surface area contributed by atoms with E-state index in [0.29, 0.717) is 32.4 Å². The van der Waals surface area contributed by atoms with Crippen LogP contribution >= 0.6 is 23.2 Å². The van der Waals surface area contributed by atoms with Gasteiger partial charge in [0.15, 0.2) is 11.6 Å². The Morgan fingerprint density at radius 3 is 2.84 bits per heavy atom. The highest BCUT2D eigenvalue weighted by Gasteiger charge is 2.49. The van der Waals surface area contributed by atoms with Crippen LogP contribution in [-0.2, 0) is 0 Å². The number of halogens is 2. The summed E-state index contributed by atoms with van der Waals surface area (Å²) in [6, 6.07) is 13.3. The summed E-state index contributed by atoms with van der Waals surface area (Å²) < 4.78 is 7.43. The first-order chi connectivity index (χ1) is 18.0. The Bertz CT molecular complexity index is 1700. The fraction of sp³-hybridized carbons (Fsp3) is 0.231. The second-order valence-corrected chi connectivity index (χ2v) is 10.3. The molecule has 1 aliphatic heterocycles. The Morgan fingerprint density at radius 2 is 1.97 bits per heavy atom. The van der Waals surface area contributed by atoms with Gasteiger partial charge in [-0.05, 0) is 49.1 Å². The number of pyridine rings is 1. The first-order valence-electron chi connectivity index (χ1n) is 12.0. The first-order valence-corrected chi connectivity index (χ1v) is 12.7. The quantitative estimate of drug-likeness (QED) is 0.339. The van der Waals surface area contributed by atoms with Crippen LogP contribution < -0.4 is 16.0 Å². The molecule has 2 aromatic carbocycles. The predicted molar refractivity (Wildman–Crippen MR) is 142 cm³/mol. The molecule has 3 N–H and O–H groups in total. The molecule has 3 unspecified atom stereocenters. The van der Waals surface area contributed by atoms with Gasteiger partial charge in [0.2, 0.25) is 5.58 Å². The lowest BCUT2D eigenvalue weighted by Crippen LogP contribution is -2.44. The van der Waals surface area contributed by atoms with Crippen LogP contribution in [0.25, 0.3) is 27.7 Å². The monoisotopic (exact) mass is 533 g/mol. The van der Waals surface area contributed by atoms with E-state index in [0.717, 1.165) is 36.1 Å². The summed E-state index contributed by atoms with van der Waals surface area (Å²) in [7, 11) is 0. The van der Waals surface area contributed by atoms with Gasteiger partial charge in [-0.2, -0.15) is 0 Å².